The predicted octanol–water partition coefficient (Wildman–Crippen LogP) is 4.13. The maximum absolute atomic E-state index is 14.1. The monoisotopic (exact) mass is 551 g/mol. The third kappa shape index (κ3) is 4.47. The highest BCUT2D eigenvalue weighted by molar-refractivity contribution is 6.31. The molecule has 1 aliphatic rings. The van der Waals surface area contributed by atoms with Crippen molar-refractivity contribution in [2.75, 3.05) is 18.0 Å². The predicted molar refractivity (Wildman–Crippen MR) is 142 cm³/mol. The van der Waals surface area contributed by atoms with Crippen LogP contribution in [0.25, 0.3) is 16.8 Å². The Morgan fingerprint density at radius 1 is 1.11 bits per heavy atom. The van der Waals surface area contributed by atoms with Gasteiger partial charge in [0, 0.05) is 12.7 Å². The van der Waals surface area contributed by atoms with Gasteiger partial charge in [-0.15, -0.1) is 0 Å². The number of aliphatic hydroxyl groups is 1. The molecule has 0 amide bonds. The van der Waals surface area contributed by atoms with Crippen LogP contribution in [0.4, 0.5) is 10.2 Å². The van der Waals surface area contributed by atoms with Crippen LogP contribution in [0.15, 0.2) is 76.6 Å². The zero-order chi connectivity index (χ0) is 27.0. The van der Waals surface area contributed by atoms with E-state index in [2.05, 4.69) is 4.98 Å². The van der Waals surface area contributed by atoms with Crippen LogP contribution in [-0.2, 0) is 12.1 Å². The molecular weight excluding hydrogens is 532 g/mol. The largest absolute Gasteiger partial charge is 0.383 e. The first-order valence-corrected chi connectivity index (χ1v) is 12.3. The van der Waals surface area contributed by atoms with E-state index in [0.29, 0.717) is 12.0 Å². The zero-order valence-electron chi connectivity index (χ0n) is 19.8. The number of pyridine rings is 1. The van der Waals surface area contributed by atoms with E-state index in [1.165, 1.54) is 30.6 Å². The molecule has 0 bridgehead atoms. The van der Waals surface area contributed by atoms with Crippen LogP contribution in [0.3, 0.4) is 0 Å². The molecule has 192 valence electrons. The lowest BCUT2D eigenvalue weighted by molar-refractivity contribution is 0.0606. The Hall–Kier alpha value is -3.97. The van der Waals surface area contributed by atoms with Crippen LogP contribution in [-0.4, -0.2) is 32.3 Å². The summed E-state index contributed by atoms with van der Waals surface area (Å²) in [6.07, 6.45) is 2.97. The maximum Gasteiger partial charge on any atom is 0.338 e. The van der Waals surface area contributed by atoms with Crippen LogP contribution in [0.2, 0.25) is 10.0 Å². The Balaban J connectivity index is 1.80. The Labute approximate surface area is 226 Å². The van der Waals surface area contributed by atoms with Crippen molar-refractivity contribution < 1.29 is 9.50 Å². The standard InChI is InChI=1S/C27H20Cl2FN5O3/c28-19-13-20(15-32-14-19)35-25(36)23(17-6-7-22(30)21(29)12-17)24(34(11-9-31)26(35)37)33-10-8-27(38,16-33)18-4-2-1-3-5-18/h1-7,12-15,38H,8,10-11,16H2/t27-/m0/s1. The smallest absolute Gasteiger partial charge is 0.338 e. The van der Waals surface area contributed by atoms with E-state index in [-0.39, 0.29) is 45.8 Å². The summed E-state index contributed by atoms with van der Waals surface area (Å²) in [5.74, 6) is -0.552. The highest BCUT2D eigenvalue weighted by Gasteiger charge is 2.40. The number of hydrogen-bond acceptors (Lipinski definition) is 6. The van der Waals surface area contributed by atoms with E-state index < -0.39 is 29.2 Å². The number of nitrogens with zero attached hydrogens (tertiary/aromatic N) is 5. The molecule has 0 radical (unpaired) electrons. The molecule has 0 spiro atoms. The molecule has 5 rings (SSSR count). The van der Waals surface area contributed by atoms with Crippen molar-refractivity contribution >= 4 is 29.0 Å². The molecule has 1 fully saturated rings. The fourth-order valence-corrected chi connectivity index (χ4v) is 5.14. The lowest BCUT2D eigenvalue weighted by Crippen LogP contribution is -2.44. The number of aromatic nitrogens is 3. The van der Waals surface area contributed by atoms with Crippen LogP contribution >= 0.6 is 23.2 Å². The summed E-state index contributed by atoms with van der Waals surface area (Å²) in [7, 11) is 0. The molecular formula is C27H20Cl2FN5O3. The molecule has 2 aromatic heterocycles. The molecule has 1 aliphatic heterocycles. The number of nitriles is 1. The molecule has 4 aromatic rings. The molecule has 8 nitrogen and oxygen atoms in total. The van der Waals surface area contributed by atoms with Crippen molar-refractivity contribution in [2.24, 2.45) is 0 Å². The van der Waals surface area contributed by atoms with Crippen molar-refractivity contribution in [1.29, 1.82) is 5.26 Å². The molecule has 0 saturated carbocycles. The van der Waals surface area contributed by atoms with Gasteiger partial charge in [0.15, 0.2) is 0 Å². The van der Waals surface area contributed by atoms with Gasteiger partial charge in [-0.1, -0.05) is 59.6 Å². The van der Waals surface area contributed by atoms with Crippen molar-refractivity contribution in [3.05, 3.63) is 109 Å². The number of hydrogen-bond donors (Lipinski definition) is 1. The van der Waals surface area contributed by atoms with E-state index in [0.717, 1.165) is 15.2 Å². The average molecular weight is 552 g/mol. The Bertz CT molecular complexity index is 1700. The van der Waals surface area contributed by atoms with Gasteiger partial charge in [-0.05, 0) is 35.7 Å². The minimum atomic E-state index is -1.27. The van der Waals surface area contributed by atoms with Gasteiger partial charge in [0.05, 0.1) is 40.1 Å². The van der Waals surface area contributed by atoms with E-state index in [9.17, 15) is 24.3 Å². The second-order valence-electron chi connectivity index (χ2n) is 8.93. The summed E-state index contributed by atoms with van der Waals surface area (Å²) in [4.78, 5) is 33.4. The molecule has 1 N–H and O–H groups in total. The van der Waals surface area contributed by atoms with E-state index in [1.54, 1.807) is 17.0 Å². The van der Waals surface area contributed by atoms with Crippen molar-refractivity contribution in [3.8, 4) is 22.9 Å². The van der Waals surface area contributed by atoms with Crippen LogP contribution < -0.4 is 16.1 Å². The molecule has 11 heteroatoms. The Morgan fingerprint density at radius 3 is 2.55 bits per heavy atom. The zero-order valence-corrected chi connectivity index (χ0v) is 21.3. The van der Waals surface area contributed by atoms with Gasteiger partial charge in [0.1, 0.15) is 23.8 Å². The molecule has 2 aromatic carbocycles. The van der Waals surface area contributed by atoms with Crippen molar-refractivity contribution in [1.82, 2.24) is 14.1 Å². The number of anilines is 1. The number of β-amino-alcohol motifs (C(OH)–C–C–N with tert-alkyl or cyclic N) is 1. The fraction of sp³-hybridized carbons (Fsp3) is 0.185. The van der Waals surface area contributed by atoms with Gasteiger partial charge in [-0.2, -0.15) is 5.26 Å². The lowest BCUT2D eigenvalue weighted by Gasteiger charge is -2.28. The van der Waals surface area contributed by atoms with Gasteiger partial charge < -0.3 is 10.0 Å². The molecule has 0 unspecified atom stereocenters. The summed E-state index contributed by atoms with van der Waals surface area (Å²) in [6.45, 7) is -0.0724. The second-order valence-corrected chi connectivity index (χ2v) is 9.77. The first kappa shape index (κ1) is 25.7. The quantitative estimate of drug-likeness (QED) is 0.400. The molecule has 38 heavy (non-hydrogen) atoms. The third-order valence-electron chi connectivity index (χ3n) is 6.56. The number of benzene rings is 2. The summed E-state index contributed by atoms with van der Waals surface area (Å²) < 4.78 is 16.1. The maximum atomic E-state index is 14.1. The van der Waals surface area contributed by atoms with Crippen molar-refractivity contribution in [2.45, 2.75) is 18.6 Å². The summed E-state index contributed by atoms with van der Waals surface area (Å²) in [5, 5.41) is 21.1. The molecule has 0 aliphatic carbocycles. The van der Waals surface area contributed by atoms with Gasteiger partial charge in [0.25, 0.3) is 5.56 Å². The molecule has 1 saturated heterocycles. The first-order chi connectivity index (χ1) is 18.2. The van der Waals surface area contributed by atoms with Crippen LogP contribution in [0.1, 0.15) is 12.0 Å². The summed E-state index contributed by atoms with van der Waals surface area (Å²) in [6, 6.07) is 16.2. The van der Waals surface area contributed by atoms with E-state index in [1.807, 2.05) is 24.3 Å². The summed E-state index contributed by atoms with van der Waals surface area (Å²) in [5.41, 5.74) is -1.76. The van der Waals surface area contributed by atoms with Gasteiger partial charge in [-0.3, -0.25) is 14.3 Å². The second kappa shape index (κ2) is 10.1. The SMILES string of the molecule is N#CCn1c(N2CC[C@@](O)(c3ccccc3)C2)c(-c2ccc(F)c(Cl)c2)c(=O)n(-c2cncc(Cl)c2)c1=O. The van der Waals surface area contributed by atoms with E-state index >= 15 is 0 Å². The summed E-state index contributed by atoms with van der Waals surface area (Å²) >= 11 is 12.2. The topological polar surface area (TPSA) is 104 Å². The van der Waals surface area contributed by atoms with Crippen molar-refractivity contribution in [3.63, 3.8) is 0 Å². The average Bonchev–Trinajstić information content (AvgIpc) is 3.31. The first-order valence-electron chi connectivity index (χ1n) is 11.6. The van der Waals surface area contributed by atoms with Gasteiger partial charge >= 0.3 is 5.69 Å². The Kier molecular flexibility index (Phi) is 6.80. The number of rotatable bonds is 5. The van der Waals surface area contributed by atoms with Gasteiger partial charge in [0.2, 0.25) is 0 Å². The minimum Gasteiger partial charge on any atom is -0.383 e. The van der Waals surface area contributed by atoms with E-state index in [4.69, 9.17) is 23.2 Å². The number of halogens is 3. The highest BCUT2D eigenvalue weighted by Crippen LogP contribution is 2.38. The lowest BCUT2D eigenvalue weighted by atomic mass is 9.93. The van der Waals surface area contributed by atoms with Crippen LogP contribution in [0, 0.1) is 17.1 Å². The third-order valence-corrected chi connectivity index (χ3v) is 7.06. The van der Waals surface area contributed by atoms with Crippen LogP contribution in [0.5, 0.6) is 0 Å². The van der Waals surface area contributed by atoms with Gasteiger partial charge in [-0.25, -0.2) is 13.8 Å². The fourth-order valence-electron chi connectivity index (χ4n) is 4.80. The minimum absolute atomic E-state index is 0.0130. The molecule has 1 atom stereocenters. The Morgan fingerprint density at radius 2 is 1.87 bits per heavy atom. The normalized spacial score (nSPS) is 17.0. The highest BCUT2D eigenvalue weighted by atomic mass is 35.5. The molecule has 3 heterocycles.